The third-order valence-corrected chi connectivity index (χ3v) is 8.08. The van der Waals surface area contributed by atoms with E-state index >= 15 is 0 Å². The van der Waals surface area contributed by atoms with Gasteiger partial charge >= 0.3 is 0 Å². The van der Waals surface area contributed by atoms with Crippen molar-refractivity contribution >= 4 is 50.5 Å². The Bertz CT molecular complexity index is 1330. The number of aliphatic hydroxyl groups excluding tert-OH is 1. The number of rotatable bonds is 9. The lowest BCUT2D eigenvalue weighted by molar-refractivity contribution is -0.115. The monoisotopic (exact) mass is 579 g/mol. The number of aromatic nitrogens is 1. The van der Waals surface area contributed by atoms with E-state index in [1.807, 2.05) is 0 Å². The molecule has 1 aromatic heterocycles. The zero-order valence-electron chi connectivity index (χ0n) is 18.9. The van der Waals surface area contributed by atoms with Crippen LogP contribution >= 0.6 is 23.2 Å². The van der Waals surface area contributed by atoms with Crippen LogP contribution in [0.5, 0.6) is 17.4 Å². The first kappa shape index (κ1) is 27.3. The number of hydrazone groups is 1. The lowest BCUT2D eigenvalue weighted by Crippen LogP contribution is -2.53. The molecule has 37 heavy (non-hydrogen) atoms. The number of aliphatic hydroxyl groups is 1. The number of benzene rings is 1. The Kier molecular flexibility index (Phi) is 7.76. The van der Waals surface area contributed by atoms with Gasteiger partial charge in [-0.2, -0.15) is 5.10 Å². The average molecular weight is 580 g/mol. The van der Waals surface area contributed by atoms with Crippen molar-refractivity contribution in [3.05, 3.63) is 34.4 Å². The van der Waals surface area contributed by atoms with Crippen LogP contribution in [0, 0.1) is 0 Å². The van der Waals surface area contributed by atoms with E-state index in [1.54, 1.807) is 0 Å². The van der Waals surface area contributed by atoms with E-state index in [-0.39, 0.29) is 47.1 Å². The van der Waals surface area contributed by atoms with Gasteiger partial charge in [0, 0.05) is 18.2 Å². The second kappa shape index (κ2) is 10.5. The second-order valence-electron chi connectivity index (χ2n) is 8.39. The molecule has 0 atom stereocenters. The Hall–Kier alpha value is -2.78. The van der Waals surface area contributed by atoms with Crippen LogP contribution in [0.15, 0.2) is 34.4 Å². The summed E-state index contributed by atoms with van der Waals surface area (Å²) in [7, 11) is -4.22. The molecule has 1 aromatic carbocycles. The molecule has 4 rings (SSSR count). The first-order valence-electron chi connectivity index (χ1n) is 10.9. The van der Waals surface area contributed by atoms with E-state index in [4.69, 9.17) is 27.9 Å². The van der Waals surface area contributed by atoms with E-state index < -0.39 is 44.3 Å². The highest BCUT2D eigenvalue weighted by Gasteiger charge is 2.41. The van der Waals surface area contributed by atoms with Crippen LogP contribution in [-0.2, 0) is 14.8 Å². The largest absolute Gasteiger partial charge is 0.505 e. The number of aromatic hydroxyl groups is 1. The number of pyridine rings is 1. The Labute approximate surface area is 220 Å². The summed E-state index contributed by atoms with van der Waals surface area (Å²) in [5.41, 5.74) is -1.61. The zero-order valence-corrected chi connectivity index (χ0v) is 21.2. The fraction of sp³-hybridized carbons (Fsp3) is 0.381. The van der Waals surface area contributed by atoms with Crippen LogP contribution in [0.1, 0.15) is 25.7 Å². The second-order valence-corrected chi connectivity index (χ2v) is 10.9. The number of hydrogen-bond donors (Lipinski definition) is 4. The Morgan fingerprint density at radius 2 is 1.92 bits per heavy atom. The molecule has 11 nitrogen and oxygen atoms in total. The molecule has 16 heteroatoms. The molecule has 0 saturated heterocycles. The van der Waals surface area contributed by atoms with Crippen molar-refractivity contribution in [1.82, 2.24) is 15.0 Å². The van der Waals surface area contributed by atoms with Gasteiger partial charge in [-0.1, -0.05) is 23.2 Å². The first-order chi connectivity index (χ1) is 17.4. The molecule has 4 N–H and O–H groups in total. The summed E-state index contributed by atoms with van der Waals surface area (Å²) in [5, 5.41) is 26.2. The number of carbonyl (C=O) groups excluding carboxylic acids is 1. The quantitative estimate of drug-likeness (QED) is 0.353. The standard InChI is InChI=1S/C21H21Cl2F2N5O6S/c22-12-6-11(30-10-27-20(33)17(28-30)19(24)25)7-13(23)18(12)36-16-8-15(14(32)9-26-16)37(34,35)29-21(4-5-31)2-1-3-21/h6-9,19,29,31-32H,1-5,10H2,(H,27,33). The predicted octanol–water partition coefficient (Wildman–Crippen LogP) is 2.98. The van der Waals surface area contributed by atoms with Crippen LogP contribution in [-0.4, -0.2) is 60.5 Å². The SMILES string of the molecule is O=C1NCN(c2cc(Cl)c(Oc3cc(S(=O)(=O)NC4(CCO)CCC4)c(O)cn3)c(Cl)c2)N=C1C(F)F. The molecule has 0 bridgehead atoms. The van der Waals surface area contributed by atoms with Gasteiger partial charge < -0.3 is 20.3 Å². The Balaban J connectivity index is 1.60. The van der Waals surface area contributed by atoms with Gasteiger partial charge in [-0.25, -0.2) is 31.9 Å². The number of alkyl halides is 2. The van der Waals surface area contributed by atoms with E-state index in [2.05, 4.69) is 20.1 Å². The van der Waals surface area contributed by atoms with Gasteiger partial charge in [0.15, 0.2) is 17.2 Å². The average Bonchev–Trinajstić information content (AvgIpc) is 2.80. The Morgan fingerprint density at radius 3 is 2.49 bits per heavy atom. The molecule has 1 amide bonds. The number of carbonyl (C=O) groups is 1. The van der Waals surface area contributed by atoms with Gasteiger partial charge in [0.25, 0.3) is 12.3 Å². The molecule has 1 fully saturated rings. The molecule has 0 radical (unpaired) electrons. The Morgan fingerprint density at radius 1 is 1.24 bits per heavy atom. The summed E-state index contributed by atoms with van der Waals surface area (Å²) in [6.07, 6.45) is -0.101. The number of anilines is 1. The van der Waals surface area contributed by atoms with Gasteiger partial charge in [-0.15, -0.1) is 0 Å². The smallest absolute Gasteiger partial charge is 0.287 e. The molecule has 1 aliphatic carbocycles. The topological polar surface area (TPSA) is 153 Å². The van der Waals surface area contributed by atoms with Crippen LogP contribution in [0.2, 0.25) is 10.0 Å². The third kappa shape index (κ3) is 5.72. The lowest BCUT2D eigenvalue weighted by Gasteiger charge is -2.41. The fourth-order valence-corrected chi connectivity index (χ4v) is 6.00. The number of hydrogen-bond acceptors (Lipinski definition) is 9. The molecule has 1 aliphatic heterocycles. The number of ether oxygens (including phenoxy) is 1. The summed E-state index contributed by atoms with van der Waals surface area (Å²) >= 11 is 12.6. The normalized spacial score (nSPS) is 17.3. The summed E-state index contributed by atoms with van der Waals surface area (Å²) in [5.74, 6) is -2.01. The molecule has 1 saturated carbocycles. The molecule has 0 spiro atoms. The van der Waals surface area contributed by atoms with E-state index in [0.717, 1.165) is 23.7 Å². The highest BCUT2D eigenvalue weighted by molar-refractivity contribution is 7.89. The van der Waals surface area contributed by atoms with Crippen LogP contribution < -0.4 is 19.8 Å². The minimum absolute atomic E-state index is 0.0954. The van der Waals surface area contributed by atoms with Crippen molar-refractivity contribution in [2.75, 3.05) is 18.3 Å². The number of nitrogens with one attached hydrogen (secondary N) is 2. The third-order valence-electron chi connectivity index (χ3n) is 5.91. The molecule has 2 aliphatic rings. The zero-order chi connectivity index (χ0) is 27.0. The van der Waals surface area contributed by atoms with Crippen molar-refractivity contribution in [2.45, 2.75) is 42.5 Å². The van der Waals surface area contributed by atoms with E-state index in [9.17, 15) is 32.2 Å². The highest BCUT2D eigenvalue weighted by atomic mass is 35.5. The van der Waals surface area contributed by atoms with Crippen molar-refractivity contribution in [2.24, 2.45) is 5.10 Å². The lowest BCUT2D eigenvalue weighted by atomic mass is 9.75. The molecule has 2 heterocycles. The summed E-state index contributed by atoms with van der Waals surface area (Å²) in [4.78, 5) is 14.9. The molecular formula is C21H21Cl2F2N5O6S. The van der Waals surface area contributed by atoms with Crippen molar-refractivity contribution in [3.63, 3.8) is 0 Å². The number of amides is 1. The minimum Gasteiger partial charge on any atom is -0.505 e. The molecular weight excluding hydrogens is 559 g/mol. The number of sulfonamides is 1. The van der Waals surface area contributed by atoms with Gasteiger partial charge in [0.2, 0.25) is 15.9 Å². The van der Waals surface area contributed by atoms with Gasteiger partial charge in [0.05, 0.1) is 21.9 Å². The molecule has 2 aromatic rings. The van der Waals surface area contributed by atoms with Gasteiger partial charge in [-0.05, 0) is 37.8 Å². The van der Waals surface area contributed by atoms with Crippen molar-refractivity contribution in [1.29, 1.82) is 0 Å². The maximum absolute atomic E-state index is 13.0. The summed E-state index contributed by atoms with van der Waals surface area (Å²) < 4.78 is 60.3. The molecule has 0 unspecified atom stereocenters. The van der Waals surface area contributed by atoms with Gasteiger partial charge in [0.1, 0.15) is 11.6 Å². The van der Waals surface area contributed by atoms with Crippen molar-refractivity contribution in [3.8, 4) is 17.4 Å². The van der Waals surface area contributed by atoms with E-state index in [1.165, 1.54) is 12.1 Å². The maximum Gasteiger partial charge on any atom is 0.287 e. The highest BCUT2D eigenvalue weighted by Crippen LogP contribution is 2.41. The predicted molar refractivity (Wildman–Crippen MR) is 130 cm³/mol. The number of nitrogens with zero attached hydrogens (tertiary/aromatic N) is 3. The maximum atomic E-state index is 13.0. The molecule has 200 valence electrons. The summed E-state index contributed by atoms with van der Waals surface area (Å²) in [6.45, 7) is -0.418. The van der Waals surface area contributed by atoms with E-state index in [0.29, 0.717) is 12.8 Å². The van der Waals surface area contributed by atoms with Crippen LogP contribution in [0.3, 0.4) is 0 Å². The van der Waals surface area contributed by atoms with Gasteiger partial charge in [-0.3, -0.25) is 4.79 Å². The fourth-order valence-electron chi connectivity index (χ4n) is 3.88. The number of halogens is 4. The van der Waals surface area contributed by atoms with Crippen LogP contribution in [0.25, 0.3) is 0 Å². The summed E-state index contributed by atoms with van der Waals surface area (Å²) in [6, 6.07) is 3.58. The van der Waals surface area contributed by atoms with Crippen molar-refractivity contribution < 1.29 is 36.9 Å². The minimum atomic E-state index is -4.22. The first-order valence-corrected chi connectivity index (χ1v) is 13.1. The van der Waals surface area contributed by atoms with Crippen LogP contribution in [0.4, 0.5) is 14.5 Å².